The van der Waals surface area contributed by atoms with Crippen molar-refractivity contribution in [3.63, 3.8) is 0 Å². The normalized spacial score (nSPS) is 17.1. The average Bonchev–Trinajstić information content (AvgIpc) is 3.48. The quantitative estimate of drug-likeness (QED) is 0.0542. The van der Waals surface area contributed by atoms with E-state index in [0.29, 0.717) is 9.13 Å². The number of nitrogens with two attached hydrogens (primary N) is 1. The number of pyridine rings is 1. The molecule has 0 saturated carbocycles. The highest BCUT2D eigenvalue weighted by molar-refractivity contribution is 14.1. The van der Waals surface area contributed by atoms with Crippen LogP contribution < -0.4 is 53.6 Å². The summed E-state index contributed by atoms with van der Waals surface area (Å²) in [7, 11) is 1.10. The van der Waals surface area contributed by atoms with Crippen molar-refractivity contribution >= 4 is 62.9 Å². The molecule has 0 unspecified atom stereocenters. The van der Waals surface area contributed by atoms with Crippen LogP contribution in [-0.4, -0.2) is 45.4 Å². The van der Waals surface area contributed by atoms with Crippen molar-refractivity contribution in [2.24, 2.45) is 10.8 Å². The molecule has 1 aromatic carbocycles. The summed E-state index contributed by atoms with van der Waals surface area (Å²) in [5.41, 5.74) is -0.248. The van der Waals surface area contributed by atoms with E-state index < -0.39 is 88.4 Å². The maximum atomic E-state index is 13.6. The van der Waals surface area contributed by atoms with Crippen molar-refractivity contribution in [1.29, 1.82) is 0 Å². The molecule has 2 amide bonds. The average molecular weight is 712 g/mol. The Morgan fingerprint density at radius 1 is 1.02 bits per heavy atom. The van der Waals surface area contributed by atoms with Gasteiger partial charge in [-0.3, -0.25) is 33.6 Å². The van der Waals surface area contributed by atoms with E-state index in [9.17, 15) is 48.9 Å². The van der Waals surface area contributed by atoms with Gasteiger partial charge in [-0.1, -0.05) is 0 Å². The number of aromatic hydroxyl groups is 1. The lowest BCUT2D eigenvalue weighted by Crippen LogP contribution is -2.51. The fraction of sp³-hybridized carbons (Fsp3) is 0.143. The first-order valence-corrected chi connectivity index (χ1v) is 13.7. The van der Waals surface area contributed by atoms with Crippen LogP contribution in [0.25, 0.3) is 22.3 Å². The summed E-state index contributed by atoms with van der Waals surface area (Å²) in [5, 5.41) is 35.2. The highest BCUT2D eigenvalue weighted by atomic mass is 127. The fourth-order valence-corrected chi connectivity index (χ4v) is 7.06. The third-order valence-electron chi connectivity index (χ3n) is 7.97. The number of fused-ring (bicyclic) bond motifs is 4. The van der Waals surface area contributed by atoms with Gasteiger partial charge in [0.1, 0.15) is 22.7 Å². The Morgan fingerprint density at radius 3 is 2.27 bits per heavy atom. The second-order valence-electron chi connectivity index (χ2n) is 10.1. The summed E-state index contributed by atoms with van der Waals surface area (Å²) in [6.45, 7) is 0. The van der Waals surface area contributed by atoms with Gasteiger partial charge >= 0.3 is 11.8 Å². The summed E-state index contributed by atoms with van der Waals surface area (Å²) in [6.07, 6.45) is 0.947. The number of aliphatic hydroxyl groups excluding tert-OH is 2. The van der Waals surface area contributed by atoms with Gasteiger partial charge in [-0.05, 0) is 47.1 Å². The molecule has 1 spiro atoms. The highest BCUT2D eigenvalue weighted by Crippen LogP contribution is 2.55. The number of nitrogens with zero attached hydrogens (tertiary/aromatic N) is 1. The molecule has 2 aromatic rings. The molecule has 222 valence electrons. The molecule has 1 atom stereocenters. The number of phenolic OH excluding ortho intramolecular Hbond substituents is 1. The Kier molecular flexibility index (Phi) is 6.24. The number of H-pyrrole nitrogens is 1. The van der Waals surface area contributed by atoms with Crippen LogP contribution in [-0.2, 0) is 21.4 Å². The standard InChI is InChI=1S/C28H17IN4O11/c1-44-11-5-10(34)13-14(19(11)35)21(37)16-15(20(13)36)23(39)28(24(16)40)3-2-8-17(28)22(38)12-9(18(8)29)4-7(32-26(12)42)6-31-33-27(43)25(30)41/h4-6,38-40H,2-3H2,1H3,(H2,30,41)(H,32,42)(H,33,43)/t28-/m0/s1. The number of halogens is 1. The van der Waals surface area contributed by atoms with E-state index in [1.807, 2.05) is 28.0 Å². The summed E-state index contributed by atoms with van der Waals surface area (Å²) in [4.78, 5) is 90.8. The number of hydrogen-bond donors (Lipinski definition) is 6. The number of aromatic nitrogens is 1. The van der Waals surface area contributed by atoms with E-state index in [2.05, 4.69) is 10.1 Å². The van der Waals surface area contributed by atoms with Crippen LogP contribution in [0.5, 0.6) is 11.5 Å². The predicted octanol–water partition coefficient (Wildman–Crippen LogP) is -2.95. The predicted molar refractivity (Wildman–Crippen MR) is 161 cm³/mol. The molecule has 0 bridgehead atoms. The van der Waals surface area contributed by atoms with Crippen molar-refractivity contribution in [3.8, 4) is 11.5 Å². The molecule has 7 N–H and O–H groups in total. The third-order valence-corrected chi connectivity index (χ3v) is 9.20. The number of nitrogens with one attached hydrogen (secondary N) is 2. The Bertz CT molecular complexity index is 2570. The van der Waals surface area contributed by atoms with E-state index in [1.54, 1.807) is 0 Å². The van der Waals surface area contributed by atoms with Crippen LogP contribution in [0.2, 0.25) is 0 Å². The number of aromatic amines is 1. The number of hydrazone groups is 1. The van der Waals surface area contributed by atoms with Crippen LogP contribution in [0.1, 0.15) is 23.2 Å². The molecule has 0 saturated heterocycles. The number of primary amides is 1. The molecular formula is C28H17IN4O11. The van der Waals surface area contributed by atoms with Gasteiger partial charge in [-0.15, -0.1) is 0 Å². The lowest BCUT2D eigenvalue weighted by Gasteiger charge is -2.27. The summed E-state index contributed by atoms with van der Waals surface area (Å²) < 4.78 is 5.28. The van der Waals surface area contributed by atoms with Gasteiger partial charge in [-0.2, -0.15) is 5.10 Å². The van der Waals surface area contributed by atoms with Gasteiger partial charge in [0, 0.05) is 20.6 Å². The smallest absolute Gasteiger partial charge is 0.329 e. The number of hydrogen-bond acceptors (Lipinski definition) is 12. The van der Waals surface area contributed by atoms with Crippen LogP contribution in [0, 0.1) is 14.0 Å². The van der Waals surface area contributed by atoms with Gasteiger partial charge in [0.25, 0.3) is 5.56 Å². The molecule has 0 fully saturated rings. The lowest BCUT2D eigenvalue weighted by atomic mass is 9.78. The highest BCUT2D eigenvalue weighted by Gasteiger charge is 2.53. The Hall–Kier alpha value is -5.39. The first kappa shape index (κ1) is 28.7. The molecule has 4 aliphatic rings. The number of phenols is 1. The molecule has 16 heteroatoms. The minimum absolute atomic E-state index is 0.0604. The fourth-order valence-electron chi connectivity index (χ4n) is 6.10. The van der Waals surface area contributed by atoms with Crippen LogP contribution in [0.3, 0.4) is 0 Å². The maximum Gasteiger partial charge on any atom is 0.329 e. The number of benzene rings is 1. The van der Waals surface area contributed by atoms with Crippen LogP contribution >= 0.6 is 22.6 Å². The summed E-state index contributed by atoms with van der Waals surface area (Å²) >= 11 is 1.90. The van der Waals surface area contributed by atoms with Crippen LogP contribution in [0.15, 0.2) is 41.2 Å². The number of ether oxygens (including phenoxy) is 1. The van der Waals surface area contributed by atoms with Crippen molar-refractivity contribution in [3.05, 3.63) is 105 Å². The zero-order chi connectivity index (χ0) is 32.0. The second kappa shape index (κ2) is 9.56. The van der Waals surface area contributed by atoms with Gasteiger partial charge in [-0.25, -0.2) is 5.43 Å². The zero-order valence-electron chi connectivity index (χ0n) is 22.2. The molecule has 4 aliphatic carbocycles. The molecule has 0 radical (unpaired) electrons. The second-order valence-corrected chi connectivity index (χ2v) is 11.2. The minimum Gasteiger partial charge on any atom is -0.510 e. The summed E-state index contributed by atoms with van der Waals surface area (Å²) in [5.74, 6) is -5.26. The number of carbonyl (C=O) groups excluding carboxylic acids is 2. The SMILES string of the molecule is COc1cc(=O)c2c(=O)c3c(c(=O)c=2c1=O)=C(O)[C@]1(CCc2c1c(O)c1c(=O)[nH]c(C=NNC(=O)C(N)=O)cc1c2I)C=3O. The molecule has 0 aliphatic heterocycles. The molecule has 1 heterocycles. The van der Waals surface area contributed by atoms with E-state index in [0.717, 1.165) is 19.4 Å². The number of aliphatic hydroxyl groups is 2. The molecule has 1 aromatic heterocycles. The van der Waals surface area contributed by atoms with E-state index >= 15 is 0 Å². The summed E-state index contributed by atoms with van der Waals surface area (Å²) in [6, 6.07) is 2.17. The van der Waals surface area contributed by atoms with Gasteiger partial charge in [0.15, 0.2) is 11.2 Å². The molecule has 44 heavy (non-hydrogen) atoms. The number of carbonyl (C=O) groups is 2. The van der Waals surface area contributed by atoms with Crippen molar-refractivity contribution in [2.75, 3.05) is 7.11 Å². The monoisotopic (exact) mass is 712 g/mol. The Labute approximate surface area is 254 Å². The zero-order valence-corrected chi connectivity index (χ0v) is 24.3. The minimum atomic E-state index is -2.05. The molecule has 6 rings (SSSR count). The topological polar surface area (TPSA) is 256 Å². The molecule has 15 nitrogen and oxygen atoms in total. The lowest BCUT2D eigenvalue weighted by molar-refractivity contribution is -0.137. The third kappa shape index (κ3) is 3.53. The van der Waals surface area contributed by atoms with Gasteiger partial charge in [0.05, 0.1) is 45.3 Å². The van der Waals surface area contributed by atoms with Crippen LogP contribution in [0.4, 0.5) is 0 Å². The van der Waals surface area contributed by atoms with Gasteiger partial charge < -0.3 is 30.8 Å². The Balaban J connectivity index is 1.67. The van der Waals surface area contributed by atoms with E-state index in [4.69, 9.17) is 10.5 Å². The largest absolute Gasteiger partial charge is 0.510 e. The van der Waals surface area contributed by atoms with Crippen molar-refractivity contribution < 1.29 is 29.6 Å². The maximum absolute atomic E-state index is 13.6. The molecular weight excluding hydrogens is 695 g/mol. The number of rotatable bonds is 3. The first-order valence-electron chi connectivity index (χ1n) is 12.6. The first-order chi connectivity index (χ1) is 20.8. The van der Waals surface area contributed by atoms with E-state index in [1.165, 1.54) is 6.07 Å². The number of amides is 2. The Morgan fingerprint density at radius 2 is 1.66 bits per heavy atom. The van der Waals surface area contributed by atoms with Crippen molar-refractivity contribution in [1.82, 2.24) is 10.4 Å². The van der Waals surface area contributed by atoms with E-state index in [-0.39, 0.29) is 34.9 Å². The van der Waals surface area contributed by atoms with Crippen molar-refractivity contribution in [2.45, 2.75) is 18.3 Å². The number of methoxy groups -OCH3 is 1. The van der Waals surface area contributed by atoms with Gasteiger partial charge in [0.2, 0.25) is 16.3 Å².